The SMILES string of the molecule is CC(C)c1nc2c(C#N)cccc2o1.CC(C)c1nc2c(F)cc(F)cc2o1.CC(C)c1nc2c(F)cccc2o1.CC(C)c1nc2cc(F)cc(F)c2s1.CC(C)c1nc2ncccc2o1. The number of nitrogens with zero attached hydrogens (tertiary/aromatic N) is 7. The molecule has 0 amide bonds. The number of oxazole rings is 4. The van der Waals surface area contributed by atoms with Gasteiger partial charge in [0.1, 0.15) is 40.1 Å². The first-order valence-electron chi connectivity index (χ1n) is 21.4. The van der Waals surface area contributed by atoms with E-state index < -0.39 is 23.3 Å². The molecule has 0 bridgehead atoms. The van der Waals surface area contributed by atoms with Gasteiger partial charge < -0.3 is 17.7 Å². The van der Waals surface area contributed by atoms with Crippen molar-refractivity contribution in [2.75, 3.05) is 0 Å². The third-order valence-electron chi connectivity index (χ3n) is 9.45. The summed E-state index contributed by atoms with van der Waals surface area (Å²) in [6.45, 7) is 19.7. The van der Waals surface area contributed by atoms with Crippen molar-refractivity contribution in [3.8, 4) is 6.07 Å². The molecule has 0 unspecified atom stereocenters. The lowest BCUT2D eigenvalue weighted by atomic mass is 10.2. The van der Waals surface area contributed by atoms with Gasteiger partial charge in [-0.2, -0.15) is 10.2 Å². The minimum atomic E-state index is -0.685. The van der Waals surface area contributed by atoms with Crippen molar-refractivity contribution in [2.24, 2.45) is 0 Å². The van der Waals surface area contributed by atoms with E-state index >= 15 is 0 Å². The van der Waals surface area contributed by atoms with Gasteiger partial charge in [0.25, 0.3) is 0 Å². The first kappa shape index (κ1) is 49.4. The Balaban J connectivity index is 0.000000138. The maximum absolute atomic E-state index is 13.3. The first-order chi connectivity index (χ1) is 31.8. The van der Waals surface area contributed by atoms with Crippen LogP contribution in [0.2, 0.25) is 0 Å². The van der Waals surface area contributed by atoms with Crippen LogP contribution in [0.1, 0.15) is 133 Å². The maximum Gasteiger partial charge on any atom is 0.199 e. The molecule has 0 aliphatic carbocycles. The largest absolute Gasteiger partial charge is 0.440 e. The predicted octanol–water partition coefficient (Wildman–Crippen LogP) is 15.2. The van der Waals surface area contributed by atoms with E-state index in [4.69, 9.17) is 22.9 Å². The predicted molar refractivity (Wildman–Crippen MR) is 248 cm³/mol. The average Bonchev–Trinajstić information content (AvgIpc) is 4.13. The highest BCUT2D eigenvalue weighted by atomic mass is 32.1. The molecule has 6 heterocycles. The second-order valence-corrected chi connectivity index (χ2v) is 17.7. The van der Waals surface area contributed by atoms with Crippen LogP contribution in [-0.4, -0.2) is 29.9 Å². The Bertz CT molecular complexity index is 3180. The Hall–Kier alpha value is -7.06. The third kappa shape index (κ3) is 12.0. The summed E-state index contributed by atoms with van der Waals surface area (Å²) in [5.41, 5.74) is 4.89. The van der Waals surface area contributed by atoms with Gasteiger partial charge in [0.15, 0.2) is 63.2 Å². The number of aromatic nitrogens is 6. The molecule has 348 valence electrons. The van der Waals surface area contributed by atoms with Crippen molar-refractivity contribution >= 4 is 66.1 Å². The van der Waals surface area contributed by atoms with Crippen LogP contribution in [0.3, 0.4) is 0 Å². The van der Waals surface area contributed by atoms with E-state index in [1.165, 1.54) is 23.5 Å². The highest BCUT2D eigenvalue weighted by molar-refractivity contribution is 7.18. The van der Waals surface area contributed by atoms with Gasteiger partial charge in [0.05, 0.1) is 20.8 Å². The fourth-order valence-electron chi connectivity index (χ4n) is 5.96. The Kier molecular flexibility index (Phi) is 15.8. The number of thiazole rings is 1. The van der Waals surface area contributed by atoms with Crippen molar-refractivity contribution in [1.29, 1.82) is 5.26 Å². The molecular weight excluding hydrogens is 890 g/mol. The molecule has 0 spiro atoms. The van der Waals surface area contributed by atoms with Crippen molar-refractivity contribution in [2.45, 2.75) is 98.8 Å². The zero-order chi connectivity index (χ0) is 48.7. The molecule has 17 heteroatoms. The van der Waals surface area contributed by atoms with Gasteiger partial charge in [-0.15, -0.1) is 11.3 Å². The van der Waals surface area contributed by atoms with E-state index in [0.717, 1.165) is 34.7 Å². The molecule has 0 atom stereocenters. The van der Waals surface area contributed by atoms with E-state index in [0.29, 0.717) is 67.2 Å². The van der Waals surface area contributed by atoms with Gasteiger partial charge in [-0.1, -0.05) is 81.4 Å². The Morgan fingerprint density at radius 1 is 0.493 bits per heavy atom. The topological polar surface area (TPSA) is 154 Å². The highest BCUT2D eigenvalue weighted by Gasteiger charge is 2.16. The molecule has 11 nitrogen and oxygen atoms in total. The molecule has 6 aromatic heterocycles. The van der Waals surface area contributed by atoms with Crippen LogP contribution in [0.4, 0.5) is 22.0 Å². The van der Waals surface area contributed by atoms with Crippen LogP contribution in [0.25, 0.3) is 54.7 Å². The van der Waals surface area contributed by atoms with Crippen LogP contribution in [0.5, 0.6) is 0 Å². The first-order valence-corrected chi connectivity index (χ1v) is 22.2. The summed E-state index contributed by atoms with van der Waals surface area (Å²) < 4.78 is 87.1. The average molecular weight is 938 g/mol. The lowest BCUT2D eigenvalue weighted by Gasteiger charge is -1.94. The van der Waals surface area contributed by atoms with E-state index in [2.05, 4.69) is 36.0 Å². The van der Waals surface area contributed by atoms with Crippen molar-refractivity contribution in [3.63, 3.8) is 0 Å². The van der Waals surface area contributed by atoms with Crippen LogP contribution in [0, 0.1) is 40.4 Å². The summed E-state index contributed by atoms with van der Waals surface area (Å²) in [6, 6.07) is 20.0. The number of rotatable bonds is 5. The molecule has 10 rings (SSSR count). The maximum atomic E-state index is 13.3. The standard InChI is InChI=1S/C11H10N2O.C10H9F2NO.C10H9F2NS.C10H10FNO.C9H10N2O/c1-7(2)11-13-10-8(6-12)4-3-5-9(10)14-11;1-5(2)10-13-9-7(12)3-6(11)4-8(9)14-10;1-5(2)10-13-8-4-6(11)3-7(12)9(8)14-10;1-6(2)10-12-9-7(11)4-3-5-8(9)13-10;1-6(2)9-11-8-7(12-9)4-3-5-10-8/h3-5,7H,1-2H3;2*3-5H,1-2H3;3-6H,1-2H3;3-6H,1-2H3. The number of halogens is 5. The zero-order valence-corrected chi connectivity index (χ0v) is 39.3. The lowest BCUT2D eigenvalue weighted by Crippen LogP contribution is -1.86. The van der Waals surface area contributed by atoms with E-state index in [1.807, 2.05) is 87.4 Å². The number of para-hydroxylation sites is 2. The highest BCUT2D eigenvalue weighted by Crippen LogP contribution is 2.30. The summed E-state index contributed by atoms with van der Waals surface area (Å²) in [7, 11) is 0. The number of hydrogen-bond donors (Lipinski definition) is 0. The van der Waals surface area contributed by atoms with E-state index in [1.54, 1.807) is 30.5 Å². The monoisotopic (exact) mass is 937 g/mol. The molecular formula is C50H48F5N7O4S. The van der Waals surface area contributed by atoms with Crippen molar-refractivity contribution in [1.82, 2.24) is 29.9 Å². The number of benzene rings is 4. The van der Waals surface area contributed by atoms with Crippen molar-refractivity contribution < 1.29 is 39.6 Å². The number of hydrogen-bond acceptors (Lipinski definition) is 12. The number of pyridine rings is 1. The minimum absolute atomic E-state index is 0.0601. The lowest BCUT2D eigenvalue weighted by molar-refractivity contribution is 0.499. The molecule has 67 heavy (non-hydrogen) atoms. The van der Waals surface area contributed by atoms with Gasteiger partial charge >= 0.3 is 0 Å². The molecule has 0 aliphatic rings. The summed E-state index contributed by atoms with van der Waals surface area (Å²) in [5, 5.41) is 9.69. The summed E-state index contributed by atoms with van der Waals surface area (Å²) in [5.74, 6) is 0.737. The van der Waals surface area contributed by atoms with Crippen molar-refractivity contribution in [3.05, 3.63) is 142 Å². The van der Waals surface area contributed by atoms with Crippen LogP contribution < -0.4 is 0 Å². The van der Waals surface area contributed by atoms with Gasteiger partial charge in [-0.3, -0.25) is 0 Å². The summed E-state index contributed by atoms with van der Waals surface area (Å²) >= 11 is 1.29. The quantitative estimate of drug-likeness (QED) is 0.151. The molecule has 4 aromatic carbocycles. The molecule has 0 fully saturated rings. The summed E-state index contributed by atoms with van der Waals surface area (Å²) in [4.78, 5) is 24.8. The molecule has 10 aromatic rings. The number of nitriles is 1. The van der Waals surface area contributed by atoms with Crippen LogP contribution >= 0.6 is 11.3 Å². The number of fused-ring (bicyclic) bond motifs is 5. The second-order valence-electron chi connectivity index (χ2n) is 16.7. The third-order valence-corrected chi connectivity index (χ3v) is 10.8. The second kappa shape index (κ2) is 21.5. The minimum Gasteiger partial charge on any atom is -0.440 e. The molecule has 0 saturated heterocycles. The fraction of sp³-hybridized carbons (Fsp3) is 0.300. The smallest absolute Gasteiger partial charge is 0.199 e. The Labute approximate surface area is 386 Å². The van der Waals surface area contributed by atoms with E-state index in [-0.39, 0.29) is 40.6 Å². The van der Waals surface area contributed by atoms with Gasteiger partial charge in [-0.25, -0.2) is 46.9 Å². The summed E-state index contributed by atoms with van der Waals surface area (Å²) in [6.07, 6.45) is 1.72. The molecule has 0 N–H and O–H groups in total. The molecule has 0 saturated carbocycles. The Morgan fingerprint density at radius 2 is 0.985 bits per heavy atom. The van der Waals surface area contributed by atoms with Gasteiger partial charge in [-0.05, 0) is 36.4 Å². The fourth-order valence-corrected chi connectivity index (χ4v) is 6.91. The molecule has 0 radical (unpaired) electrons. The van der Waals surface area contributed by atoms with Gasteiger partial charge in [0, 0.05) is 60.1 Å². The Morgan fingerprint density at radius 3 is 1.55 bits per heavy atom. The molecule has 0 aliphatic heterocycles. The van der Waals surface area contributed by atoms with Gasteiger partial charge in [0.2, 0.25) is 0 Å². The van der Waals surface area contributed by atoms with Crippen LogP contribution in [0.15, 0.2) is 96.7 Å². The zero-order valence-electron chi connectivity index (χ0n) is 38.5. The van der Waals surface area contributed by atoms with E-state index in [9.17, 15) is 22.0 Å². The normalized spacial score (nSPS) is 11.3. The van der Waals surface area contributed by atoms with Crippen LogP contribution in [-0.2, 0) is 0 Å².